The molecule has 0 spiro atoms. The highest BCUT2D eigenvalue weighted by Crippen LogP contribution is 2.06. The predicted molar refractivity (Wildman–Crippen MR) is 59.6 cm³/mol. The molecule has 2 nitrogen and oxygen atoms in total. The maximum atomic E-state index is 5.13. The van der Waals surface area contributed by atoms with Gasteiger partial charge in [-0.15, -0.1) is 0 Å². The van der Waals surface area contributed by atoms with Crippen LogP contribution in [0.1, 0.15) is 11.1 Å². The van der Waals surface area contributed by atoms with Crippen molar-refractivity contribution in [3.05, 3.63) is 35.4 Å². The number of nitrogens with one attached hydrogen (secondary N) is 1. The zero-order chi connectivity index (χ0) is 10.4. The summed E-state index contributed by atoms with van der Waals surface area (Å²) >= 11 is 0. The molecule has 0 aliphatic heterocycles. The molecule has 0 heterocycles. The minimum atomic E-state index is 0.405. The molecule has 0 radical (unpaired) electrons. The van der Waals surface area contributed by atoms with Gasteiger partial charge in [-0.2, -0.15) is 0 Å². The van der Waals surface area contributed by atoms with E-state index in [1.807, 2.05) is 7.05 Å². The first-order valence-electron chi connectivity index (χ1n) is 4.98. The first-order valence-corrected chi connectivity index (χ1v) is 4.98. The maximum Gasteiger partial charge on any atom is 0.0618 e. The fraction of sp³-hybridized carbons (Fsp3) is 0.500. The summed E-state index contributed by atoms with van der Waals surface area (Å²) in [5.41, 5.74) is 2.66. The Hall–Kier alpha value is -0.860. The Morgan fingerprint density at radius 3 is 2.43 bits per heavy atom. The van der Waals surface area contributed by atoms with E-state index in [1.165, 1.54) is 11.1 Å². The van der Waals surface area contributed by atoms with Gasteiger partial charge in [0, 0.05) is 13.2 Å². The summed E-state index contributed by atoms with van der Waals surface area (Å²) in [5.74, 6) is 0. The molecule has 1 aromatic carbocycles. The quantitative estimate of drug-likeness (QED) is 0.769. The van der Waals surface area contributed by atoms with Crippen LogP contribution >= 0.6 is 0 Å². The maximum absolute atomic E-state index is 5.13. The Bertz CT molecular complexity index is 256. The van der Waals surface area contributed by atoms with E-state index in [0.717, 1.165) is 13.0 Å². The highest BCUT2D eigenvalue weighted by atomic mass is 16.5. The largest absolute Gasteiger partial charge is 0.383 e. The molecule has 1 unspecified atom stereocenters. The van der Waals surface area contributed by atoms with Crippen molar-refractivity contribution in [2.75, 3.05) is 20.8 Å². The van der Waals surface area contributed by atoms with E-state index in [2.05, 4.69) is 36.5 Å². The summed E-state index contributed by atoms with van der Waals surface area (Å²) in [6.07, 6.45) is 1.02. The smallest absolute Gasteiger partial charge is 0.0618 e. The van der Waals surface area contributed by atoms with Crippen molar-refractivity contribution in [3.63, 3.8) is 0 Å². The Morgan fingerprint density at radius 1 is 1.29 bits per heavy atom. The summed E-state index contributed by atoms with van der Waals surface area (Å²) in [6.45, 7) is 2.86. The lowest BCUT2D eigenvalue weighted by Gasteiger charge is -2.14. The van der Waals surface area contributed by atoms with Crippen molar-refractivity contribution >= 4 is 0 Å². The monoisotopic (exact) mass is 193 g/mol. The van der Waals surface area contributed by atoms with Crippen LogP contribution in [0, 0.1) is 6.92 Å². The van der Waals surface area contributed by atoms with E-state index in [-0.39, 0.29) is 0 Å². The fourth-order valence-electron chi connectivity index (χ4n) is 1.45. The molecular weight excluding hydrogens is 174 g/mol. The van der Waals surface area contributed by atoms with Crippen LogP contribution in [0.4, 0.5) is 0 Å². The van der Waals surface area contributed by atoms with Crippen LogP contribution in [-0.2, 0) is 11.2 Å². The molecule has 0 saturated carbocycles. The lowest BCUT2D eigenvalue weighted by molar-refractivity contribution is 0.169. The second-order valence-electron chi connectivity index (χ2n) is 3.63. The van der Waals surface area contributed by atoms with Crippen LogP contribution in [0.25, 0.3) is 0 Å². The zero-order valence-corrected chi connectivity index (χ0v) is 9.21. The molecule has 0 bridgehead atoms. The Kier molecular flexibility index (Phi) is 4.63. The molecule has 0 aromatic heterocycles. The minimum absolute atomic E-state index is 0.405. The average molecular weight is 193 g/mol. The van der Waals surface area contributed by atoms with Crippen LogP contribution in [0.15, 0.2) is 24.3 Å². The third-order valence-corrected chi connectivity index (χ3v) is 2.38. The number of rotatable bonds is 5. The van der Waals surface area contributed by atoms with E-state index in [1.54, 1.807) is 7.11 Å². The van der Waals surface area contributed by atoms with E-state index in [9.17, 15) is 0 Å². The number of aryl methyl sites for hydroxylation is 1. The lowest BCUT2D eigenvalue weighted by Crippen LogP contribution is -2.32. The molecule has 14 heavy (non-hydrogen) atoms. The van der Waals surface area contributed by atoms with Crippen molar-refractivity contribution < 1.29 is 4.74 Å². The topological polar surface area (TPSA) is 21.3 Å². The van der Waals surface area contributed by atoms with Crippen molar-refractivity contribution in [3.8, 4) is 0 Å². The number of hydrogen-bond donors (Lipinski definition) is 1. The molecule has 1 rings (SSSR count). The second-order valence-corrected chi connectivity index (χ2v) is 3.63. The van der Waals surface area contributed by atoms with Gasteiger partial charge in [0.1, 0.15) is 0 Å². The van der Waals surface area contributed by atoms with Crippen molar-refractivity contribution in [1.82, 2.24) is 5.32 Å². The van der Waals surface area contributed by atoms with Gasteiger partial charge < -0.3 is 10.1 Å². The number of likely N-dealkylation sites (N-methyl/N-ethyl adjacent to an activating group) is 1. The van der Waals surface area contributed by atoms with Crippen LogP contribution in [0.2, 0.25) is 0 Å². The average Bonchev–Trinajstić information content (AvgIpc) is 2.20. The standard InChI is InChI=1S/C12H19NO/c1-10-4-6-11(7-5-10)8-12(13-2)9-14-3/h4-7,12-13H,8-9H2,1-3H3. The third kappa shape index (κ3) is 3.48. The SMILES string of the molecule is CNC(COC)Cc1ccc(C)cc1. The first-order chi connectivity index (χ1) is 6.76. The summed E-state index contributed by atoms with van der Waals surface area (Å²) < 4.78 is 5.13. The summed E-state index contributed by atoms with van der Waals surface area (Å²) in [5, 5.41) is 3.24. The Balaban J connectivity index is 2.53. The molecule has 0 aliphatic rings. The number of methoxy groups -OCH3 is 1. The van der Waals surface area contributed by atoms with E-state index < -0.39 is 0 Å². The van der Waals surface area contributed by atoms with Crippen LogP contribution in [-0.4, -0.2) is 26.8 Å². The molecule has 1 aromatic rings. The van der Waals surface area contributed by atoms with Crippen LogP contribution < -0.4 is 5.32 Å². The molecule has 0 fully saturated rings. The summed E-state index contributed by atoms with van der Waals surface area (Å²) in [7, 11) is 3.71. The summed E-state index contributed by atoms with van der Waals surface area (Å²) in [6, 6.07) is 9.05. The highest BCUT2D eigenvalue weighted by Gasteiger charge is 2.05. The minimum Gasteiger partial charge on any atom is -0.383 e. The van der Waals surface area contributed by atoms with Gasteiger partial charge in [0.2, 0.25) is 0 Å². The van der Waals surface area contributed by atoms with E-state index in [4.69, 9.17) is 4.74 Å². The number of benzene rings is 1. The highest BCUT2D eigenvalue weighted by molar-refractivity contribution is 5.22. The fourth-order valence-corrected chi connectivity index (χ4v) is 1.45. The van der Waals surface area contributed by atoms with Gasteiger partial charge in [0.25, 0.3) is 0 Å². The molecule has 1 N–H and O–H groups in total. The van der Waals surface area contributed by atoms with Gasteiger partial charge >= 0.3 is 0 Å². The van der Waals surface area contributed by atoms with Gasteiger partial charge in [0.15, 0.2) is 0 Å². The van der Waals surface area contributed by atoms with Gasteiger partial charge in [0.05, 0.1) is 6.61 Å². The van der Waals surface area contributed by atoms with Crippen LogP contribution in [0.5, 0.6) is 0 Å². The van der Waals surface area contributed by atoms with E-state index in [0.29, 0.717) is 6.04 Å². The Morgan fingerprint density at radius 2 is 1.93 bits per heavy atom. The first kappa shape index (κ1) is 11.2. The molecule has 0 amide bonds. The van der Waals surface area contributed by atoms with Gasteiger partial charge in [-0.25, -0.2) is 0 Å². The van der Waals surface area contributed by atoms with Crippen LogP contribution in [0.3, 0.4) is 0 Å². The molecular formula is C12H19NO. The molecule has 0 aliphatic carbocycles. The van der Waals surface area contributed by atoms with Gasteiger partial charge in [-0.1, -0.05) is 29.8 Å². The predicted octanol–water partition coefficient (Wildman–Crippen LogP) is 1.77. The normalized spacial score (nSPS) is 12.8. The Labute approximate surface area is 86.3 Å². The molecule has 78 valence electrons. The zero-order valence-electron chi connectivity index (χ0n) is 9.21. The summed E-state index contributed by atoms with van der Waals surface area (Å²) in [4.78, 5) is 0. The van der Waals surface area contributed by atoms with Crippen molar-refractivity contribution in [2.24, 2.45) is 0 Å². The van der Waals surface area contributed by atoms with Crippen molar-refractivity contribution in [1.29, 1.82) is 0 Å². The lowest BCUT2D eigenvalue weighted by atomic mass is 10.1. The van der Waals surface area contributed by atoms with Gasteiger partial charge in [-0.05, 0) is 26.0 Å². The molecule has 2 heteroatoms. The van der Waals surface area contributed by atoms with Crippen molar-refractivity contribution in [2.45, 2.75) is 19.4 Å². The van der Waals surface area contributed by atoms with Gasteiger partial charge in [-0.3, -0.25) is 0 Å². The van der Waals surface area contributed by atoms with E-state index >= 15 is 0 Å². The number of ether oxygens (including phenoxy) is 1. The third-order valence-electron chi connectivity index (χ3n) is 2.38. The second kappa shape index (κ2) is 5.78. The molecule has 0 saturated heterocycles. The number of hydrogen-bond acceptors (Lipinski definition) is 2. The molecule has 1 atom stereocenters.